The molecule has 0 spiro atoms. The first kappa shape index (κ1) is 13.0. The highest BCUT2D eigenvalue weighted by molar-refractivity contribution is 6.34. The first-order chi connectivity index (χ1) is 9.56. The van der Waals surface area contributed by atoms with Crippen molar-refractivity contribution in [3.05, 3.63) is 57.1 Å². The van der Waals surface area contributed by atoms with Gasteiger partial charge in [-0.15, -0.1) is 0 Å². The Morgan fingerprint density at radius 2 is 1.75 bits per heavy atom. The quantitative estimate of drug-likeness (QED) is 0.671. The van der Waals surface area contributed by atoms with E-state index in [1.165, 1.54) is 0 Å². The number of rotatable bonds is 1. The van der Waals surface area contributed by atoms with E-state index in [1.807, 2.05) is 18.2 Å². The average molecular weight is 306 g/mol. The molecule has 0 radical (unpaired) electrons. The van der Waals surface area contributed by atoms with E-state index < -0.39 is 5.97 Å². The van der Waals surface area contributed by atoms with Crippen LogP contribution in [0, 0.1) is 0 Å². The number of benzene rings is 2. The fourth-order valence-electron chi connectivity index (χ4n) is 2.17. The van der Waals surface area contributed by atoms with Gasteiger partial charge in [0.25, 0.3) is 0 Å². The summed E-state index contributed by atoms with van der Waals surface area (Å²) in [6, 6.07) is 8.77. The lowest BCUT2D eigenvalue weighted by Crippen LogP contribution is -2.05. The van der Waals surface area contributed by atoms with Crippen LogP contribution in [0.5, 0.6) is 0 Å². The molecule has 0 aromatic heterocycles. The van der Waals surface area contributed by atoms with E-state index in [4.69, 9.17) is 23.2 Å². The van der Waals surface area contributed by atoms with Gasteiger partial charge in [0.05, 0.1) is 10.7 Å². The minimum absolute atomic E-state index is 0.0571. The summed E-state index contributed by atoms with van der Waals surface area (Å²) >= 11 is 12.0. The van der Waals surface area contributed by atoms with Crippen LogP contribution in [-0.4, -0.2) is 11.1 Å². The topological polar surface area (TPSA) is 49.3 Å². The number of fused-ring (bicyclic) bond motifs is 2. The minimum Gasteiger partial charge on any atom is -0.478 e. The third kappa shape index (κ3) is 2.15. The molecule has 2 N–H and O–H groups in total. The second kappa shape index (κ2) is 4.85. The fraction of sp³-hybridized carbons (Fsp3) is 0. The molecule has 100 valence electrons. The van der Waals surface area contributed by atoms with Crippen molar-refractivity contribution in [2.75, 3.05) is 5.32 Å². The lowest BCUT2D eigenvalue weighted by Gasteiger charge is -2.14. The van der Waals surface area contributed by atoms with Gasteiger partial charge < -0.3 is 10.4 Å². The van der Waals surface area contributed by atoms with Gasteiger partial charge in [0.2, 0.25) is 0 Å². The van der Waals surface area contributed by atoms with Crippen LogP contribution in [0.25, 0.3) is 12.2 Å². The first-order valence-electron chi connectivity index (χ1n) is 5.87. The van der Waals surface area contributed by atoms with Crippen molar-refractivity contribution in [3.8, 4) is 0 Å². The molecule has 1 aliphatic heterocycles. The number of aromatic carboxylic acids is 1. The molecule has 0 saturated carbocycles. The van der Waals surface area contributed by atoms with Crippen LogP contribution >= 0.6 is 23.2 Å². The predicted molar refractivity (Wildman–Crippen MR) is 82.1 cm³/mol. The predicted octanol–water partition coefficient (Wildman–Crippen LogP) is 4.92. The normalized spacial score (nSPS) is 12.1. The zero-order valence-corrected chi connectivity index (χ0v) is 11.7. The summed E-state index contributed by atoms with van der Waals surface area (Å²) in [5, 5.41) is 13.2. The highest BCUT2D eigenvalue weighted by Crippen LogP contribution is 2.36. The van der Waals surface area contributed by atoms with Gasteiger partial charge in [0, 0.05) is 10.7 Å². The maximum atomic E-state index is 11.4. The van der Waals surface area contributed by atoms with Crippen LogP contribution in [-0.2, 0) is 0 Å². The van der Waals surface area contributed by atoms with Crippen molar-refractivity contribution >= 4 is 52.7 Å². The zero-order valence-electron chi connectivity index (χ0n) is 10.2. The summed E-state index contributed by atoms with van der Waals surface area (Å²) in [4.78, 5) is 11.4. The molecule has 1 heterocycles. The molecule has 0 atom stereocenters. The second-order valence-corrected chi connectivity index (χ2v) is 5.23. The summed E-state index contributed by atoms with van der Waals surface area (Å²) in [6.07, 6.45) is 3.76. The monoisotopic (exact) mass is 305 g/mol. The Labute approximate surface area is 125 Å². The molecule has 0 saturated heterocycles. The van der Waals surface area contributed by atoms with Crippen molar-refractivity contribution in [2.45, 2.75) is 0 Å². The lowest BCUT2D eigenvalue weighted by molar-refractivity contribution is 0.0698. The SMILES string of the molecule is O=C(O)c1c(Cl)ccc2c1Nc1cc(Cl)ccc1C=C2. The third-order valence-corrected chi connectivity index (χ3v) is 3.67. The number of nitrogens with one attached hydrogen (secondary N) is 1. The molecule has 20 heavy (non-hydrogen) atoms. The van der Waals surface area contributed by atoms with Crippen LogP contribution in [0.15, 0.2) is 30.3 Å². The van der Waals surface area contributed by atoms with E-state index in [0.717, 1.165) is 16.8 Å². The molecule has 1 aliphatic rings. The molecule has 3 nitrogen and oxygen atoms in total. The van der Waals surface area contributed by atoms with E-state index in [2.05, 4.69) is 5.32 Å². The summed E-state index contributed by atoms with van der Waals surface area (Å²) in [6.45, 7) is 0. The summed E-state index contributed by atoms with van der Waals surface area (Å²) in [5.41, 5.74) is 2.97. The maximum absolute atomic E-state index is 11.4. The maximum Gasteiger partial charge on any atom is 0.339 e. The van der Waals surface area contributed by atoms with Crippen LogP contribution < -0.4 is 5.32 Å². The summed E-state index contributed by atoms with van der Waals surface area (Å²) < 4.78 is 0. The molecule has 0 bridgehead atoms. The van der Waals surface area contributed by atoms with Crippen molar-refractivity contribution < 1.29 is 9.90 Å². The Kier molecular flexibility index (Phi) is 3.16. The Bertz CT molecular complexity index is 754. The summed E-state index contributed by atoms with van der Waals surface area (Å²) in [5.74, 6) is -1.07. The van der Waals surface area contributed by atoms with Gasteiger partial charge in [-0.05, 0) is 29.3 Å². The largest absolute Gasteiger partial charge is 0.478 e. The molecule has 0 unspecified atom stereocenters. The highest BCUT2D eigenvalue weighted by atomic mass is 35.5. The fourth-order valence-corrected chi connectivity index (χ4v) is 2.58. The second-order valence-electron chi connectivity index (χ2n) is 4.38. The van der Waals surface area contributed by atoms with E-state index in [0.29, 0.717) is 10.7 Å². The Balaban J connectivity index is 2.25. The standard InChI is InChI=1S/C15H9Cl2NO2/c16-10-5-3-8-1-2-9-4-6-11(17)13(15(19)20)14(9)18-12(8)7-10/h1-7,18H,(H,19,20). The average Bonchev–Trinajstić information content (AvgIpc) is 2.56. The zero-order chi connectivity index (χ0) is 14.3. The number of hydrogen-bond donors (Lipinski definition) is 2. The van der Waals surface area contributed by atoms with Gasteiger partial charge in [0.1, 0.15) is 5.56 Å². The van der Waals surface area contributed by atoms with Gasteiger partial charge in [-0.25, -0.2) is 4.79 Å². The number of carboxylic acids is 1. The number of carboxylic acid groups (broad SMARTS) is 1. The molecule has 2 aromatic carbocycles. The Hall–Kier alpha value is -1.97. The smallest absolute Gasteiger partial charge is 0.339 e. The lowest BCUT2D eigenvalue weighted by atomic mass is 10.1. The van der Waals surface area contributed by atoms with E-state index in [-0.39, 0.29) is 10.6 Å². The van der Waals surface area contributed by atoms with Crippen molar-refractivity contribution in [2.24, 2.45) is 0 Å². The molecule has 5 heteroatoms. The van der Waals surface area contributed by atoms with E-state index >= 15 is 0 Å². The molecule has 0 aliphatic carbocycles. The van der Waals surface area contributed by atoms with E-state index in [1.54, 1.807) is 24.3 Å². The molecule has 0 amide bonds. The number of anilines is 2. The van der Waals surface area contributed by atoms with Crippen molar-refractivity contribution in [1.82, 2.24) is 0 Å². The van der Waals surface area contributed by atoms with Crippen LogP contribution in [0.2, 0.25) is 10.0 Å². The van der Waals surface area contributed by atoms with E-state index in [9.17, 15) is 9.90 Å². The summed E-state index contributed by atoms with van der Waals surface area (Å²) in [7, 11) is 0. The molecule has 2 aromatic rings. The highest BCUT2D eigenvalue weighted by Gasteiger charge is 2.20. The van der Waals surface area contributed by atoms with Crippen LogP contribution in [0.4, 0.5) is 11.4 Å². The molecule has 0 fully saturated rings. The molecular weight excluding hydrogens is 297 g/mol. The van der Waals surface area contributed by atoms with Crippen LogP contribution in [0.3, 0.4) is 0 Å². The molecular formula is C15H9Cl2NO2. The van der Waals surface area contributed by atoms with Crippen molar-refractivity contribution in [3.63, 3.8) is 0 Å². The molecule has 3 rings (SSSR count). The van der Waals surface area contributed by atoms with Gasteiger partial charge in [-0.2, -0.15) is 0 Å². The van der Waals surface area contributed by atoms with Crippen LogP contribution in [0.1, 0.15) is 21.5 Å². The Morgan fingerprint density at radius 1 is 1.05 bits per heavy atom. The first-order valence-corrected chi connectivity index (χ1v) is 6.62. The Morgan fingerprint density at radius 3 is 2.50 bits per heavy atom. The van der Waals surface area contributed by atoms with Gasteiger partial charge in [0.15, 0.2) is 0 Å². The van der Waals surface area contributed by atoms with Crippen molar-refractivity contribution in [1.29, 1.82) is 0 Å². The third-order valence-electron chi connectivity index (χ3n) is 3.12. The van der Waals surface area contributed by atoms with Gasteiger partial charge in [-0.3, -0.25) is 0 Å². The minimum atomic E-state index is -1.07. The number of hydrogen-bond acceptors (Lipinski definition) is 2. The van der Waals surface area contributed by atoms with Gasteiger partial charge in [-0.1, -0.05) is 47.5 Å². The number of halogens is 2. The number of carbonyl (C=O) groups is 1. The van der Waals surface area contributed by atoms with Gasteiger partial charge >= 0.3 is 5.97 Å².